The number of nitrogens with one attached hydrogen (secondary N) is 1. The van der Waals surface area contributed by atoms with Crippen LogP contribution in [-0.2, 0) is 11.2 Å². The number of carboxylic acid groups (broad SMARTS) is 1. The summed E-state index contributed by atoms with van der Waals surface area (Å²) in [6.07, 6.45) is 2.96. The van der Waals surface area contributed by atoms with E-state index in [1.165, 1.54) is 25.9 Å². The van der Waals surface area contributed by atoms with Gasteiger partial charge in [0.15, 0.2) is 0 Å². The van der Waals surface area contributed by atoms with Gasteiger partial charge in [-0.15, -0.1) is 0 Å². The Morgan fingerprint density at radius 3 is 2.55 bits per heavy atom. The molecule has 3 fully saturated rings. The maximum Gasteiger partial charge on any atom is 0.321 e. The molecular formula is C16H22N2O2. The minimum atomic E-state index is -0.745. The third kappa shape index (κ3) is 3.02. The van der Waals surface area contributed by atoms with Crippen LogP contribution in [0.25, 0.3) is 0 Å². The van der Waals surface area contributed by atoms with Gasteiger partial charge in [0.25, 0.3) is 0 Å². The van der Waals surface area contributed by atoms with Gasteiger partial charge in [-0.2, -0.15) is 0 Å². The molecular weight excluding hydrogens is 252 g/mol. The summed E-state index contributed by atoms with van der Waals surface area (Å²) in [5, 5.41) is 12.9. The first kappa shape index (κ1) is 13.6. The predicted molar refractivity (Wildman–Crippen MR) is 77.7 cm³/mol. The van der Waals surface area contributed by atoms with Crippen LogP contribution in [0.5, 0.6) is 0 Å². The van der Waals surface area contributed by atoms with Crippen molar-refractivity contribution in [2.75, 3.05) is 19.6 Å². The van der Waals surface area contributed by atoms with Gasteiger partial charge in [-0.3, -0.25) is 10.1 Å². The number of hydrogen-bond donors (Lipinski definition) is 2. The van der Waals surface area contributed by atoms with Gasteiger partial charge in [-0.05, 0) is 43.8 Å². The van der Waals surface area contributed by atoms with Crippen molar-refractivity contribution < 1.29 is 9.90 Å². The van der Waals surface area contributed by atoms with Crippen LogP contribution in [-0.4, -0.2) is 47.7 Å². The Morgan fingerprint density at radius 1 is 1.30 bits per heavy atom. The van der Waals surface area contributed by atoms with E-state index in [2.05, 4.69) is 10.2 Å². The standard InChI is InChI=1S/C16H22N2O2/c19-16(20)14(10-12-4-2-1-3-5-12)17-15-11-18-8-6-13(15)7-9-18/h1-5,13-15,17H,6-11H2,(H,19,20)/t14?,15-/m0/s1. The number of carbonyl (C=O) groups is 1. The van der Waals surface area contributed by atoms with E-state index in [-0.39, 0.29) is 0 Å². The number of carboxylic acids is 1. The van der Waals surface area contributed by atoms with Crippen molar-refractivity contribution in [3.05, 3.63) is 35.9 Å². The molecule has 0 aliphatic carbocycles. The van der Waals surface area contributed by atoms with Crippen molar-refractivity contribution in [2.24, 2.45) is 5.92 Å². The summed E-state index contributed by atoms with van der Waals surface area (Å²) in [5.74, 6) is -0.0945. The van der Waals surface area contributed by atoms with Crippen molar-refractivity contribution >= 4 is 5.97 Å². The molecule has 2 N–H and O–H groups in total. The number of nitrogens with zero attached hydrogens (tertiary/aromatic N) is 1. The Kier molecular flexibility index (Phi) is 4.03. The fraction of sp³-hybridized carbons (Fsp3) is 0.562. The molecule has 108 valence electrons. The monoisotopic (exact) mass is 274 g/mol. The molecule has 4 heteroatoms. The highest BCUT2D eigenvalue weighted by molar-refractivity contribution is 5.74. The minimum absolute atomic E-state index is 0.335. The van der Waals surface area contributed by atoms with Gasteiger partial charge in [0.1, 0.15) is 6.04 Å². The van der Waals surface area contributed by atoms with Gasteiger partial charge in [0, 0.05) is 12.6 Å². The molecule has 0 radical (unpaired) electrons. The first-order valence-corrected chi connectivity index (χ1v) is 7.47. The van der Waals surface area contributed by atoms with Crippen LogP contribution in [0, 0.1) is 5.92 Å². The fourth-order valence-corrected chi connectivity index (χ4v) is 3.48. The second-order valence-electron chi connectivity index (χ2n) is 5.99. The summed E-state index contributed by atoms with van der Waals surface area (Å²) in [6.45, 7) is 3.36. The Morgan fingerprint density at radius 2 is 2.00 bits per heavy atom. The van der Waals surface area contributed by atoms with E-state index in [1.54, 1.807) is 0 Å². The van der Waals surface area contributed by atoms with E-state index in [0.717, 1.165) is 12.1 Å². The zero-order chi connectivity index (χ0) is 13.9. The molecule has 20 heavy (non-hydrogen) atoms. The molecule has 1 aromatic carbocycles. The molecule has 1 unspecified atom stereocenters. The Labute approximate surface area is 119 Å². The van der Waals surface area contributed by atoms with Gasteiger partial charge in [0.2, 0.25) is 0 Å². The van der Waals surface area contributed by atoms with Gasteiger partial charge in [0.05, 0.1) is 0 Å². The summed E-state index contributed by atoms with van der Waals surface area (Å²) in [5.41, 5.74) is 1.08. The number of fused-ring (bicyclic) bond motifs is 3. The topological polar surface area (TPSA) is 52.6 Å². The predicted octanol–water partition coefficient (Wildman–Crippen LogP) is 1.37. The highest BCUT2D eigenvalue weighted by Gasteiger charge is 2.36. The van der Waals surface area contributed by atoms with Crippen molar-refractivity contribution in [3.8, 4) is 0 Å². The van der Waals surface area contributed by atoms with E-state index >= 15 is 0 Å². The summed E-state index contributed by atoms with van der Waals surface area (Å²) >= 11 is 0. The van der Waals surface area contributed by atoms with Crippen molar-refractivity contribution in [1.82, 2.24) is 10.2 Å². The molecule has 2 bridgehead atoms. The van der Waals surface area contributed by atoms with Gasteiger partial charge >= 0.3 is 5.97 Å². The van der Waals surface area contributed by atoms with E-state index in [1.807, 2.05) is 30.3 Å². The maximum absolute atomic E-state index is 11.5. The SMILES string of the molecule is O=C(O)C(Cc1ccccc1)N[C@H]1CN2CCC1CC2. The lowest BCUT2D eigenvalue weighted by Gasteiger charge is -2.45. The van der Waals surface area contributed by atoms with E-state index in [0.29, 0.717) is 18.4 Å². The van der Waals surface area contributed by atoms with Gasteiger partial charge in [-0.25, -0.2) is 0 Å². The molecule has 4 nitrogen and oxygen atoms in total. The van der Waals surface area contributed by atoms with Crippen molar-refractivity contribution in [3.63, 3.8) is 0 Å². The van der Waals surface area contributed by atoms with E-state index in [4.69, 9.17) is 0 Å². The van der Waals surface area contributed by atoms with E-state index < -0.39 is 12.0 Å². The molecule has 1 aromatic rings. The summed E-state index contributed by atoms with van der Waals surface area (Å²) in [7, 11) is 0. The van der Waals surface area contributed by atoms with Crippen LogP contribution in [0.15, 0.2) is 30.3 Å². The quantitative estimate of drug-likeness (QED) is 0.851. The average Bonchev–Trinajstić information content (AvgIpc) is 2.49. The smallest absolute Gasteiger partial charge is 0.321 e. The molecule has 0 spiro atoms. The zero-order valence-corrected chi connectivity index (χ0v) is 11.7. The Bertz CT molecular complexity index is 455. The third-order valence-electron chi connectivity index (χ3n) is 4.65. The lowest BCUT2D eigenvalue weighted by atomic mass is 9.83. The van der Waals surface area contributed by atoms with Crippen LogP contribution < -0.4 is 5.32 Å². The first-order chi connectivity index (χ1) is 9.72. The average molecular weight is 274 g/mol. The van der Waals surface area contributed by atoms with Gasteiger partial charge < -0.3 is 10.0 Å². The Balaban J connectivity index is 1.64. The molecule has 3 heterocycles. The normalized spacial score (nSPS) is 30.1. The maximum atomic E-state index is 11.5. The van der Waals surface area contributed by atoms with Crippen molar-refractivity contribution in [1.29, 1.82) is 0 Å². The van der Waals surface area contributed by atoms with Crippen LogP contribution in [0.2, 0.25) is 0 Å². The highest BCUT2D eigenvalue weighted by atomic mass is 16.4. The first-order valence-electron chi connectivity index (χ1n) is 7.47. The van der Waals surface area contributed by atoms with Crippen LogP contribution in [0.1, 0.15) is 18.4 Å². The second-order valence-corrected chi connectivity index (χ2v) is 5.99. The number of aliphatic carboxylic acids is 1. The molecule has 3 aliphatic rings. The largest absolute Gasteiger partial charge is 0.480 e. The van der Waals surface area contributed by atoms with Gasteiger partial charge in [-0.1, -0.05) is 30.3 Å². The van der Waals surface area contributed by atoms with Crippen LogP contribution in [0.4, 0.5) is 0 Å². The van der Waals surface area contributed by atoms with Crippen LogP contribution in [0.3, 0.4) is 0 Å². The summed E-state index contributed by atoms with van der Waals surface area (Å²) in [6, 6.07) is 9.72. The minimum Gasteiger partial charge on any atom is -0.480 e. The number of rotatable bonds is 5. The third-order valence-corrected chi connectivity index (χ3v) is 4.65. The number of hydrogen-bond acceptors (Lipinski definition) is 3. The molecule has 3 aliphatic heterocycles. The highest BCUT2D eigenvalue weighted by Crippen LogP contribution is 2.27. The Hall–Kier alpha value is -1.39. The number of piperidine rings is 3. The zero-order valence-electron chi connectivity index (χ0n) is 11.7. The molecule has 3 saturated heterocycles. The molecule has 2 atom stereocenters. The molecule has 0 amide bonds. The van der Waals surface area contributed by atoms with E-state index in [9.17, 15) is 9.90 Å². The lowest BCUT2D eigenvalue weighted by Crippen LogP contribution is -2.59. The van der Waals surface area contributed by atoms with Crippen LogP contribution >= 0.6 is 0 Å². The fourth-order valence-electron chi connectivity index (χ4n) is 3.48. The summed E-state index contributed by atoms with van der Waals surface area (Å²) in [4.78, 5) is 14.0. The molecule has 4 rings (SSSR count). The lowest BCUT2D eigenvalue weighted by molar-refractivity contribution is -0.140. The van der Waals surface area contributed by atoms with Crippen molar-refractivity contribution in [2.45, 2.75) is 31.3 Å². The second kappa shape index (κ2) is 5.94. The number of benzene rings is 1. The molecule has 0 aromatic heterocycles. The summed E-state index contributed by atoms with van der Waals surface area (Å²) < 4.78 is 0. The molecule has 0 saturated carbocycles.